The zero-order chi connectivity index (χ0) is 10.9. The first-order chi connectivity index (χ1) is 6.38. The molecule has 0 amide bonds. The standard InChI is InChI=1S/C7H4Cl3FO2S/c8-3-4-5(9)1-2-6(7(4)10)14(11,12)13/h1-2H,3H2. The fraction of sp³-hybridized carbons (Fsp3) is 0.143. The molecule has 0 aliphatic rings. The molecular weight excluding hydrogens is 273 g/mol. The van der Waals surface area contributed by atoms with Crippen LogP contribution in [0.1, 0.15) is 5.56 Å². The van der Waals surface area contributed by atoms with Crippen molar-refractivity contribution in [2.45, 2.75) is 10.8 Å². The minimum absolute atomic E-state index is 0.0823. The van der Waals surface area contributed by atoms with Gasteiger partial charge in [-0.3, -0.25) is 0 Å². The van der Waals surface area contributed by atoms with Gasteiger partial charge in [0.2, 0.25) is 0 Å². The van der Waals surface area contributed by atoms with Gasteiger partial charge in [0, 0.05) is 10.6 Å². The Kier molecular flexibility index (Phi) is 3.63. The van der Waals surface area contributed by atoms with Gasteiger partial charge in [0.15, 0.2) is 0 Å². The van der Waals surface area contributed by atoms with Crippen LogP contribution in [0.15, 0.2) is 17.0 Å². The first kappa shape index (κ1) is 12.0. The molecule has 0 aromatic heterocycles. The third kappa shape index (κ3) is 2.31. The molecule has 1 aromatic carbocycles. The topological polar surface area (TPSA) is 34.1 Å². The van der Waals surface area contributed by atoms with Gasteiger partial charge in [-0.15, -0.1) is 15.5 Å². The summed E-state index contributed by atoms with van der Waals surface area (Å²) in [5.74, 6) is -0.0823. The van der Waals surface area contributed by atoms with E-state index in [1.807, 2.05) is 0 Å². The van der Waals surface area contributed by atoms with Crippen LogP contribution in [0, 0.1) is 0 Å². The monoisotopic (exact) mass is 276 g/mol. The minimum atomic E-state index is -4.83. The van der Waals surface area contributed by atoms with Crippen LogP contribution in [-0.4, -0.2) is 8.42 Å². The number of benzene rings is 1. The first-order valence-electron chi connectivity index (χ1n) is 3.35. The van der Waals surface area contributed by atoms with Crippen molar-refractivity contribution in [3.63, 3.8) is 0 Å². The van der Waals surface area contributed by atoms with E-state index in [1.54, 1.807) is 0 Å². The van der Waals surface area contributed by atoms with E-state index in [0.717, 1.165) is 6.07 Å². The zero-order valence-corrected chi connectivity index (χ0v) is 9.68. The second-order valence-corrected chi connectivity index (χ2v) is 4.78. The van der Waals surface area contributed by atoms with Crippen LogP contribution in [0.5, 0.6) is 0 Å². The molecule has 0 aliphatic heterocycles. The Morgan fingerprint density at radius 1 is 1.29 bits per heavy atom. The smallest absolute Gasteiger partial charge is 0.189 e. The van der Waals surface area contributed by atoms with Crippen LogP contribution in [-0.2, 0) is 16.1 Å². The van der Waals surface area contributed by atoms with E-state index in [4.69, 9.17) is 34.8 Å². The van der Waals surface area contributed by atoms with Gasteiger partial charge in [0.05, 0.1) is 10.9 Å². The van der Waals surface area contributed by atoms with Crippen LogP contribution in [0.3, 0.4) is 0 Å². The molecule has 0 atom stereocenters. The predicted molar refractivity (Wildman–Crippen MR) is 54.3 cm³/mol. The molecule has 0 aliphatic carbocycles. The number of alkyl halides is 1. The Bertz CT molecular complexity index is 458. The average Bonchev–Trinajstić information content (AvgIpc) is 2.02. The Morgan fingerprint density at radius 3 is 2.29 bits per heavy atom. The van der Waals surface area contributed by atoms with Gasteiger partial charge in [-0.1, -0.05) is 23.2 Å². The van der Waals surface area contributed by atoms with Crippen LogP contribution in [0.25, 0.3) is 0 Å². The Labute approximate surface area is 95.8 Å². The van der Waals surface area contributed by atoms with E-state index >= 15 is 0 Å². The Balaban J connectivity index is 3.52. The summed E-state index contributed by atoms with van der Waals surface area (Å²) in [6.45, 7) is 0. The quantitative estimate of drug-likeness (QED) is 0.613. The van der Waals surface area contributed by atoms with Crippen molar-refractivity contribution in [3.8, 4) is 0 Å². The number of halogens is 4. The van der Waals surface area contributed by atoms with Gasteiger partial charge in [-0.05, 0) is 12.1 Å². The molecule has 0 saturated heterocycles. The summed E-state index contributed by atoms with van der Waals surface area (Å²) < 4.78 is 33.8. The van der Waals surface area contributed by atoms with Gasteiger partial charge in [-0.25, -0.2) is 0 Å². The largest absolute Gasteiger partial charge is 0.333 e. The van der Waals surface area contributed by atoms with Crippen molar-refractivity contribution < 1.29 is 12.3 Å². The molecule has 78 valence electrons. The number of rotatable bonds is 2. The average molecular weight is 278 g/mol. The molecule has 0 unspecified atom stereocenters. The van der Waals surface area contributed by atoms with Crippen molar-refractivity contribution >= 4 is 45.0 Å². The molecule has 0 fully saturated rings. The summed E-state index contributed by atoms with van der Waals surface area (Å²) in [7, 11) is -4.83. The summed E-state index contributed by atoms with van der Waals surface area (Å²) >= 11 is 16.7. The van der Waals surface area contributed by atoms with Crippen LogP contribution in [0.4, 0.5) is 3.89 Å². The first-order valence-corrected chi connectivity index (χ1v) is 6.03. The highest BCUT2D eigenvalue weighted by molar-refractivity contribution is 7.86. The molecule has 1 aromatic rings. The van der Waals surface area contributed by atoms with Crippen LogP contribution >= 0.6 is 34.8 Å². The van der Waals surface area contributed by atoms with Crippen molar-refractivity contribution in [1.82, 2.24) is 0 Å². The summed E-state index contributed by atoms with van der Waals surface area (Å²) in [4.78, 5) is -0.612. The normalized spacial score (nSPS) is 11.7. The lowest BCUT2D eigenvalue weighted by Gasteiger charge is -2.05. The van der Waals surface area contributed by atoms with Gasteiger partial charge < -0.3 is 0 Å². The van der Waals surface area contributed by atoms with E-state index in [2.05, 4.69) is 0 Å². The van der Waals surface area contributed by atoms with Crippen molar-refractivity contribution in [1.29, 1.82) is 0 Å². The molecular formula is C7H4Cl3FO2S. The van der Waals surface area contributed by atoms with Gasteiger partial charge in [0.1, 0.15) is 4.90 Å². The molecule has 0 heterocycles. The maximum absolute atomic E-state index is 12.6. The van der Waals surface area contributed by atoms with Gasteiger partial charge in [-0.2, -0.15) is 8.42 Å². The summed E-state index contributed by atoms with van der Waals surface area (Å²) in [6.07, 6.45) is 0. The van der Waals surface area contributed by atoms with E-state index in [-0.39, 0.29) is 21.5 Å². The molecule has 2 nitrogen and oxygen atoms in total. The van der Waals surface area contributed by atoms with Crippen LogP contribution in [0.2, 0.25) is 10.0 Å². The van der Waals surface area contributed by atoms with Crippen molar-refractivity contribution in [3.05, 3.63) is 27.7 Å². The second-order valence-electron chi connectivity index (χ2n) is 2.41. The second kappa shape index (κ2) is 4.23. The SMILES string of the molecule is O=S(=O)(F)c1ccc(Cl)c(CCl)c1Cl. The molecule has 0 bridgehead atoms. The van der Waals surface area contributed by atoms with Crippen molar-refractivity contribution in [2.75, 3.05) is 0 Å². The van der Waals surface area contributed by atoms with Crippen molar-refractivity contribution in [2.24, 2.45) is 0 Å². The fourth-order valence-electron chi connectivity index (χ4n) is 0.887. The maximum Gasteiger partial charge on any atom is 0.333 e. The molecule has 0 N–H and O–H groups in total. The van der Waals surface area contributed by atoms with Crippen LogP contribution < -0.4 is 0 Å². The lowest BCUT2D eigenvalue weighted by Crippen LogP contribution is -1.96. The molecule has 0 saturated carbocycles. The maximum atomic E-state index is 12.6. The van der Waals surface area contributed by atoms with Gasteiger partial charge in [0.25, 0.3) is 0 Å². The third-order valence-electron chi connectivity index (χ3n) is 1.55. The van der Waals surface area contributed by atoms with E-state index < -0.39 is 15.1 Å². The Hall–Kier alpha value is -0.0300. The lowest BCUT2D eigenvalue weighted by molar-refractivity contribution is 0.552. The number of hydrogen-bond donors (Lipinski definition) is 0. The fourth-order valence-corrected chi connectivity index (χ4v) is 2.65. The van der Waals surface area contributed by atoms with E-state index in [9.17, 15) is 12.3 Å². The summed E-state index contributed by atoms with van der Waals surface area (Å²) in [5, 5.41) is -0.0626. The summed E-state index contributed by atoms with van der Waals surface area (Å²) in [6, 6.07) is 2.23. The molecule has 0 radical (unpaired) electrons. The summed E-state index contributed by atoms with van der Waals surface area (Å²) in [5.41, 5.74) is 0.203. The van der Waals surface area contributed by atoms with E-state index in [0.29, 0.717) is 0 Å². The molecule has 7 heteroatoms. The third-order valence-corrected chi connectivity index (χ3v) is 3.58. The minimum Gasteiger partial charge on any atom is -0.189 e. The molecule has 0 spiro atoms. The highest BCUT2D eigenvalue weighted by Gasteiger charge is 2.20. The lowest BCUT2D eigenvalue weighted by atomic mass is 10.2. The zero-order valence-electron chi connectivity index (χ0n) is 6.60. The van der Waals surface area contributed by atoms with Gasteiger partial charge >= 0.3 is 10.2 Å². The Morgan fingerprint density at radius 2 is 1.86 bits per heavy atom. The van der Waals surface area contributed by atoms with E-state index in [1.165, 1.54) is 6.07 Å². The molecule has 1 rings (SSSR count). The highest BCUT2D eigenvalue weighted by atomic mass is 35.5. The molecule has 14 heavy (non-hydrogen) atoms. The number of hydrogen-bond acceptors (Lipinski definition) is 2. The predicted octanol–water partition coefficient (Wildman–Crippen LogP) is 3.39. The highest BCUT2D eigenvalue weighted by Crippen LogP contribution is 2.32.